The fourth-order valence-electron chi connectivity index (χ4n) is 6.00. The molecule has 1 aromatic carbocycles. The second-order valence-corrected chi connectivity index (χ2v) is 15.6. The van der Waals surface area contributed by atoms with Crippen molar-refractivity contribution >= 4 is 35.4 Å². The molecule has 0 unspecified atom stereocenters. The van der Waals surface area contributed by atoms with Crippen LogP contribution in [0.1, 0.15) is 100 Å². The van der Waals surface area contributed by atoms with Gasteiger partial charge >= 0.3 is 0 Å². The highest BCUT2D eigenvalue weighted by Gasteiger charge is 2.37. The number of amides is 6. The largest absolute Gasteiger partial charge is 0.508 e. The number of carbonyl (C=O) groups is 6. The lowest BCUT2D eigenvalue weighted by Crippen LogP contribution is -2.63. The van der Waals surface area contributed by atoms with Gasteiger partial charge in [-0.15, -0.1) is 0 Å². The number of nitrogens with one attached hydrogen (secondary N) is 6. The normalized spacial score (nSPS) is 25.4. The molecule has 1 fully saturated rings. The molecule has 0 saturated carbocycles. The highest BCUT2D eigenvalue weighted by Crippen LogP contribution is 2.16. The fraction of sp³-hybridized carbons (Fsp3) is 0.684. The molecule has 7 atom stereocenters. The van der Waals surface area contributed by atoms with E-state index in [9.17, 15) is 33.9 Å². The first-order valence-electron chi connectivity index (χ1n) is 18.4. The summed E-state index contributed by atoms with van der Waals surface area (Å²) >= 11 is 0. The van der Waals surface area contributed by atoms with E-state index in [4.69, 9.17) is 0 Å². The van der Waals surface area contributed by atoms with Crippen LogP contribution >= 0.6 is 0 Å². The zero-order valence-corrected chi connectivity index (χ0v) is 32.1. The molecule has 0 spiro atoms. The number of hydrogen-bond donors (Lipinski definition) is 7. The molecular formula is C38H62N6O7. The quantitative estimate of drug-likeness (QED) is 0.183. The number of benzene rings is 1. The predicted octanol–water partition coefficient (Wildman–Crippen LogP) is 2.70. The molecule has 0 aromatic heterocycles. The van der Waals surface area contributed by atoms with Crippen LogP contribution in [0.3, 0.4) is 0 Å². The van der Waals surface area contributed by atoms with Crippen molar-refractivity contribution in [3.8, 4) is 5.75 Å². The smallest absolute Gasteiger partial charge is 0.243 e. The Morgan fingerprint density at radius 1 is 0.510 bits per heavy atom. The van der Waals surface area contributed by atoms with Gasteiger partial charge in [-0.2, -0.15) is 0 Å². The van der Waals surface area contributed by atoms with E-state index >= 15 is 0 Å². The SMILES string of the molecule is CC[C@H](C)[C@H]1NC(=O)[C@H](CC(C)C)NC(=O)[C@@H](CC(C)C)NC(=O)[C@H](CC(C)C)NC(=O)[C@H](C(C)C)NC(=O)[C@@H](Cc2ccc(O)cc2)NC1=O. The molecule has 0 aliphatic carbocycles. The molecular weight excluding hydrogens is 652 g/mol. The lowest BCUT2D eigenvalue weighted by molar-refractivity contribution is -0.137. The number of aromatic hydroxyl groups is 1. The summed E-state index contributed by atoms with van der Waals surface area (Å²) in [4.78, 5) is 83.4. The molecule has 1 aromatic rings. The topological polar surface area (TPSA) is 195 Å². The van der Waals surface area contributed by atoms with Crippen LogP contribution in [0, 0.1) is 29.6 Å². The van der Waals surface area contributed by atoms with Gasteiger partial charge in [-0.05, 0) is 66.5 Å². The Morgan fingerprint density at radius 3 is 1.27 bits per heavy atom. The minimum Gasteiger partial charge on any atom is -0.508 e. The van der Waals surface area contributed by atoms with E-state index in [0.29, 0.717) is 12.0 Å². The van der Waals surface area contributed by atoms with E-state index in [1.165, 1.54) is 12.1 Å². The first-order chi connectivity index (χ1) is 23.8. The van der Waals surface area contributed by atoms with E-state index in [0.717, 1.165) is 0 Å². The van der Waals surface area contributed by atoms with E-state index < -0.39 is 77.6 Å². The summed E-state index contributed by atoms with van der Waals surface area (Å²) in [5.74, 6) is -4.20. The van der Waals surface area contributed by atoms with Gasteiger partial charge in [-0.1, -0.05) is 87.8 Å². The van der Waals surface area contributed by atoms with Gasteiger partial charge in [0.25, 0.3) is 0 Å². The molecule has 1 saturated heterocycles. The molecule has 286 valence electrons. The predicted molar refractivity (Wildman–Crippen MR) is 196 cm³/mol. The van der Waals surface area contributed by atoms with Gasteiger partial charge in [0.1, 0.15) is 42.0 Å². The number of phenolic OH excluding ortho intramolecular Hbond substituents is 1. The molecule has 7 N–H and O–H groups in total. The van der Waals surface area contributed by atoms with Crippen LogP contribution in [0.2, 0.25) is 0 Å². The maximum absolute atomic E-state index is 14.0. The van der Waals surface area contributed by atoms with Gasteiger partial charge < -0.3 is 37.0 Å². The third-order valence-electron chi connectivity index (χ3n) is 9.07. The highest BCUT2D eigenvalue weighted by molar-refractivity contribution is 5.98. The van der Waals surface area contributed by atoms with E-state index in [1.54, 1.807) is 26.0 Å². The van der Waals surface area contributed by atoms with Crippen molar-refractivity contribution in [1.82, 2.24) is 31.9 Å². The number of rotatable bonds is 11. The summed E-state index contributed by atoms with van der Waals surface area (Å²) in [6.45, 7) is 18.7. The van der Waals surface area contributed by atoms with Crippen LogP contribution in [-0.4, -0.2) is 76.8 Å². The summed E-state index contributed by atoms with van der Waals surface area (Å²) in [7, 11) is 0. The Hall–Kier alpha value is -4.16. The van der Waals surface area contributed by atoms with E-state index in [-0.39, 0.29) is 55.1 Å². The second-order valence-electron chi connectivity index (χ2n) is 15.6. The molecule has 0 bridgehead atoms. The minimum atomic E-state index is -1.17. The van der Waals surface area contributed by atoms with Crippen molar-refractivity contribution in [2.75, 3.05) is 0 Å². The van der Waals surface area contributed by atoms with Crippen molar-refractivity contribution in [1.29, 1.82) is 0 Å². The van der Waals surface area contributed by atoms with Crippen molar-refractivity contribution in [2.24, 2.45) is 29.6 Å². The first kappa shape index (κ1) is 43.0. The van der Waals surface area contributed by atoms with Crippen molar-refractivity contribution in [3.63, 3.8) is 0 Å². The minimum absolute atomic E-state index is 0.00274. The summed E-state index contributed by atoms with van der Waals surface area (Å²) < 4.78 is 0. The van der Waals surface area contributed by atoms with Gasteiger partial charge in [-0.25, -0.2) is 0 Å². The van der Waals surface area contributed by atoms with Crippen LogP contribution in [-0.2, 0) is 35.2 Å². The second kappa shape index (κ2) is 20.0. The van der Waals surface area contributed by atoms with Crippen molar-refractivity contribution in [2.45, 2.75) is 138 Å². The summed E-state index contributed by atoms with van der Waals surface area (Å²) in [6.07, 6.45) is 1.35. The maximum atomic E-state index is 14.0. The fourth-order valence-corrected chi connectivity index (χ4v) is 6.00. The molecule has 2 rings (SSSR count). The Labute approximate surface area is 303 Å². The summed E-state index contributed by atoms with van der Waals surface area (Å²) in [5, 5.41) is 26.8. The Kier molecular flexibility index (Phi) is 16.9. The van der Waals surface area contributed by atoms with Crippen LogP contribution in [0.5, 0.6) is 5.75 Å². The van der Waals surface area contributed by atoms with Crippen LogP contribution < -0.4 is 31.9 Å². The molecule has 0 radical (unpaired) electrons. The van der Waals surface area contributed by atoms with Gasteiger partial charge in [0.05, 0.1) is 0 Å². The number of carbonyl (C=O) groups excluding carboxylic acids is 6. The molecule has 1 aliphatic heterocycles. The van der Waals surface area contributed by atoms with Crippen molar-refractivity contribution < 1.29 is 33.9 Å². The van der Waals surface area contributed by atoms with Gasteiger partial charge in [0.15, 0.2) is 0 Å². The maximum Gasteiger partial charge on any atom is 0.243 e. The molecule has 6 amide bonds. The average molecular weight is 715 g/mol. The molecule has 13 heteroatoms. The zero-order chi connectivity index (χ0) is 38.6. The first-order valence-corrected chi connectivity index (χ1v) is 18.4. The Bertz CT molecular complexity index is 1350. The van der Waals surface area contributed by atoms with Crippen molar-refractivity contribution in [3.05, 3.63) is 29.8 Å². The average Bonchev–Trinajstić information content (AvgIpc) is 3.03. The monoisotopic (exact) mass is 714 g/mol. The lowest BCUT2D eigenvalue weighted by Gasteiger charge is -2.32. The van der Waals surface area contributed by atoms with Crippen LogP contribution in [0.15, 0.2) is 24.3 Å². The number of phenols is 1. The van der Waals surface area contributed by atoms with Gasteiger partial charge in [0, 0.05) is 6.42 Å². The molecule has 1 aliphatic rings. The van der Waals surface area contributed by atoms with Crippen LogP contribution in [0.25, 0.3) is 0 Å². The standard InChI is InChI=1S/C38H62N6O7/c1-11-24(10)32-38(51)42-30(19-25-12-14-26(45)15-13-25)36(49)43-31(23(8)9)37(50)41-28(17-21(4)5)34(47)39-27(16-20(2)3)33(46)40-29(18-22(6)7)35(48)44-32/h12-15,20-24,27-32,45H,11,16-19H2,1-10H3,(H,39,47)(H,40,46)(H,41,50)(H,42,51)(H,43,49)(H,44,48)/t24-,27+,28-,29-,30+,31-,32+/m0/s1. The summed E-state index contributed by atoms with van der Waals surface area (Å²) in [5.41, 5.74) is 0.634. The van der Waals surface area contributed by atoms with E-state index in [1.807, 2.05) is 55.4 Å². The highest BCUT2D eigenvalue weighted by atomic mass is 16.3. The Morgan fingerprint density at radius 2 is 0.863 bits per heavy atom. The van der Waals surface area contributed by atoms with E-state index in [2.05, 4.69) is 31.9 Å². The third kappa shape index (κ3) is 13.8. The zero-order valence-electron chi connectivity index (χ0n) is 32.1. The van der Waals surface area contributed by atoms with Crippen LogP contribution in [0.4, 0.5) is 0 Å². The molecule has 51 heavy (non-hydrogen) atoms. The molecule has 1 heterocycles. The van der Waals surface area contributed by atoms with Gasteiger partial charge in [-0.3, -0.25) is 28.8 Å². The van der Waals surface area contributed by atoms with Gasteiger partial charge in [0.2, 0.25) is 35.4 Å². The number of hydrogen-bond acceptors (Lipinski definition) is 7. The summed E-state index contributed by atoms with van der Waals surface area (Å²) in [6, 6.07) is -0.147. The third-order valence-corrected chi connectivity index (χ3v) is 9.07. The molecule has 13 nitrogen and oxygen atoms in total. The Balaban J connectivity index is 2.70. The lowest BCUT2D eigenvalue weighted by atomic mass is 9.95.